The second-order valence-corrected chi connectivity index (χ2v) is 5.69. The Morgan fingerprint density at radius 1 is 1.38 bits per heavy atom. The number of carbonyl (C=O) groups excluding carboxylic acids is 3. The third-order valence-corrected chi connectivity index (χ3v) is 4.13. The van der Waals surface area contributed by atoms with Crippen LogP contribution in [0.25, 0.3) is 0 Å². The van der Waals surface area contributed by atoms with Crippen molar-refractivity contribution in [3.63, 3.8) is 0 Å². The fourth-order valence-corrected chi connectivity index (χ4v) is 2.72. The molecule has 0 radical (unpaired) electrons. The summed E-state index contributed by atoms with van der Waals surface area (Å²) in [7, 11) is 1.38. The molecule has 1 atom stereocenters. The van der Waals surface area contributed by atoms with Crippen molar-refractivity contribution in [2.24, 2.45) is 0 Å². The highest BCUT2D eigenvalue weighted by Crippen LogP contribution is 2.34. The average molecular weight is 297 g/mol. The number of carboxylic acid groups (broad SMARTS) is 1. The van der Waals surface area contributed by atoms with Crippen LogP contribution in [0.15, 0.2) is 0 Å². The highest BCUT2D eigenvalue weighted by Gasteiger charge is 2.41. The summed E-state index contributed by atoms with van der Waals surface area (Å²) in [6.45, 7) is 0. The van der Waals surface area contributed by atoms with Crippen molar-refractivity contribution in [2.75, 3.05) is 7.05 Å². The number of likely N-dealkylation sites (N-methyl/N-ethyl adjacent to an activating group) is 1. The molecular formula is C13H19N3O5. The number of nitrogens with zero attached hydrogens (tertiary/aromatic N) is 1. The molecule has 8 nitrogen and oxygen atoms in total. The van der Waals surface area contributed by atoms with Gasteiger partial charge in [-0.2, -0.15) is 0 Å². The first-order valence-electron chi connectivity index (χ1n) is 6.94. The Morgan fingerprint density at radius 3 is 2.57 bits per heavy atom. The number of carbonyl (C=O) groups is 4. The number of carboxylic acids is 1. The Labute approximate surface area is 121 Å². The molecule has 116 valence electrons. The fourth-order valence-electron chi connectivity index (χ4n) is 2.72. The first-order chi connectivity index (χ1) is 9.83. The molecule has 3 N–H and O–H groups in total. The first-order valence-corrected chi connectivity index (χ1v) is 6.94. The van der Waals surface area contributed by atoms with Gasteiger partial charge in [-0.1, -0.05) is 0 Å². The molecule has 0 aromatic carbocycles. The molecular weight excluding hydrogens is 278 g/mol. The lowest BCUT2D eigenvalue weighted by atomic mass is 9.74. The van der Waals surface area contributed by atoms with Crippen LogP contribution >= 0.6 is 0 Å². The highest BCUT2D eigenvalue weighted by molar-refractivity contribution is 6.01. The van der Waals surface area contributed by atoms with Gasteiger partial charge >= 0.3 is 12.0 Å². The zero-order chi connectivity index (χ0) is 15.6. The molecule has 0 bridgehead atoms. The van der Waals surface area contributed by atoms with Crippen LogP contribution in [-0.2, 0) is 14.4 Å². The van der Waals surface area contributed by atoms with E-state index in [0.29, 0.717) is 12.8 Å². The van der Waals surface area contributed by atoms with Crippen LogP contribution < -0.4 is 10.6 Å². The summed E-state index contributed by atoms with van der Waals surface area (Å²) >= 11 is 0. The van der Waals surface area contributed by atoms with Crippen LogP contribution in [0.2, 0.25) is 0 Å². The maximum absolute atomic E-state index is 12.0. The standard InChI is InChI=1S/C13H19N3O5/c1-16-9(17)4-3-8(11(16)20)14-12(21)15-13(5-2-6-13)7-10(18)19/h8H,2-7H2,1H3,(H,18,19)(H2,14,15,21). The number of nitrogens with one attached hydrogen (secondary N) is 2. The van der Waals surface area contributed by atoms with Crippen molar-refractivity contribution in [3.8, 4) is 0 Å². The SMILES string of the molecule is CN1C(=O)CCC(NC(=O)NC2(CC(=O)O)CCC2)C1=O. The highest BCUT2D eigenvalue weighted by atomic mass is 16.4. The lowest BCUT2D eigenvalue weighted by molar-refractivity contribution is -0.148. The molecule has 1 aliphatic carbocycles. The van der Waals surface area contributed by atoms with Gasteiger partial charge in [0.05, 0.1) is 12.0 Å². The van der Waals surface area contributed by atoms with Crippen molar-refractivity contribution in [2.45, 2.75) is 50.1 Å². The molecule has 1 heterocycles. The molecule has 2 fully saturated rings. The van der Waals surface area contributed by atoms with Gasteiger partial charge in [0.15, 0.2) is 0 Å². The number of amides is 4. The van der Waals surface area contributed by atoms with Crippen molar-refractivity contribution in [1.29, 1.82) is 0 Å². The summed E-state index contributed by atoms with van der Waals surface area (Å²) < 4.78 is 0. The number of hydrogen-bond acceptors (Lipinski definition) is 4. The number of piperidine rings is 1. The van der Waals surface area contributed by atoms with Gasteiger partial charge in [-0.3, -0.25) is 19.3 Å². The summed E-state index contributed by atoms with van der Waals surface area (Å²) in [6, 6.07) is -1.30. The molecule has 0 spiro atoms. The summed E-state index contributed by atoms with van der Waals surface area (Å²) in [5.74, 6) is -1.67. The minimum atomic E-state index is -0.964. The minimum Gasteiger partial charge on any atom is -0.481 e. The van der Waals surface area contributed by atoms with Crippen molar-refractivity contribution < 1.29 is 24.3 Å². The van der Waals surface area contributed by atoms with E-state index in [9.17, 15) is 19.2 Å². The molecule has 1 saturated heterocycles. The molecule has 0 aromatic rings. The fraction of sp³-hybridized carbons (Fsp3) is 0.692. The molecule has 1 saturated carbocycles. The van der Waals surface area contributed by atoms with E-state index >= 15 is 0 Å². The number of hydrogen-bond donors (Lipinski definition) is 3. The van der Waals surface area contributed by atoms with Crippen LogP contribution in [0, 0.1) is 0 Å². The van der Waals surface area contributed by atoms with E-state index in [1.54, 1.807) is 0 Å². The Kier molecular flexibility index (Phi) is 4.15. The topological polar surface area (TPSA) is 116 Å². The van der Waals surface area contributed by atoms with Crippen LogP contribution in [-0.4, -0.2) is 52.4 Å². The third-order valence-electron chi connectivity index (χ3n) is 4.13. The van der Waals surface area contributed by atoms with Gasteiger partial charge in [-0.05, 0) is 25.7 Å². The van der Waals surface area contributed by atoms with Gasteiger partial charge in [-0.15, -0.1) is 0 Å². The first kappa shape index (κ1) is 15.3. The van der Waals surface area contributed by atoms with E-state index in [-0.39, 0.29) is 25.2 Å². The predicted octanol–water partition coefficient (Wildman–Crippen LogP) is -0.170. The van der Waals surface area contributed by atoms with Crippen LogP contribution in [0.4, 0.5) is 4.79 Å². The molecule has 0 aromatic heterocycles. The van der Waals surface area contributed by atoms with Crippen LogP contribution in [0.5, 0.6) is 0 Å². The van der Waals surface area contributed by atoms with Crippen LogP contribution in [0.1, 0.15) is 38.5 Å². The molecule has 21 heavy (non-hydrogen) atoms. The van der Waals surface area contributed by atoms with Crippen molar-refractivity contribution >= 4 is 23.8 Å². The second-order valence-electron chi connectivity index (χ2n) is 5.69. The van der Waals surface area contributed by atoms with E-state index in [4.69, 9.17) is 5.11 Å². The predicted molar refractivity (Wildman–Crippen MR) is 71.3 cm³/mol. The van der Waals surface area contributed by atoms with Crippen molar-refractivity contribution in [3.05, 3.63) is 0 Å². The van der Waals surface area contributed by atoms with E-state index in [1.165, 1.54) is 7.05 Å². The van der Waals surface area contributed by atoms with Gasteiger partial charge in [-0.25, -0.2) is 4.79 Å². The summed E-state index contributed by atoms with van der Waals surface area (Å²) in [4.78, 5) is 47.0. The summed E-state index contributed by atoms with van der Waals surface area (Å²) in [6.07, 6.45) is 2.44. The Bertz CT molecular complexity index is 486. The maximum Gasteiger partial charge on any atom is 0.315 e. The Hall–Kier alpha value is -2.12. The average Bonchev–Trinajstić information content (AvgIpc) is 2.36. The lowest BCUT2D eigenvalue weighted by Crippen LogP contribution is -2.61. The van der Waals surface area contributed by atoms with Crippen LogP contribution in [0.3, 0.4) is 0 Å². The quantitative estimate of drug-likeness (QED) is 0.623. The summed E-state index contributed by atoms with van der Waals surface area (Å²) in [5.41, 5.74) is -0.713. The van der Waals surface area contributed by atoms with Gasteiger partial charge in [0.25, 0.3) is 5.91 Å². The molecule has 2 rings (SSSR count). The van der Waals surface area contributed by atoms with Gasteiger partial charge in [0, 0.05) is 13.5 Å². The third kappa shape index (κ3) is 3.32. The molecule has 8 heteroatoms. The smallest absolute Gasteiger partial charge is 0.315 e. The molecule has 1 unspecified atom stereocenters. The number of rotatable bonds is 4. The number of aliphatic carboxylic acids is 1. The van der Waals surface area contributed by atoms with E-state index in [0.717, 1.165) is 11.3 Å². The zero-order valence-corrected chi connectivity index (χ0v) is 11.8. The zero-order valence-electron chi connectivity index (χ0n) is 11.8. The summed E-state index contributed by atoms with van der Waals surface area (Å²) in [5, 5.41) is 14.1. The van der Waals surface area contributed by atoms with Gasteiger partial charge in [0.2, 0.25) is 5.91 Å². The minimum absolute atomic E-state index is 0.128. The van der Waals surface area contributed by atoms with E-state index < -0.39 is 29.5 Å². The molecule has 4 amide bonds. The number of urea groups is 1. The Balaban J connectivity index is 1.91. The molecule has 2 aliphatic rings. The lowest BCUT2D eigenvalue weighted by Gasteiger charge is -2.41. The number of likely N-dealkylation sites (tertiary alicyclic amines) is 1. The second kappa shape index (κ2) is 5.71. The largest absolute Gasteiger partial charge is 0.481 e. The Morgan fingerprint density at radius 2 is 2.05 bits per heavy atom. The van der Waals surface area contributed by atoms with Gasteiger partial charge in [0.1, 0.15) is 6.04 Å². The van der Waals surface area contributed by atoms with Gasteiger partial charge < -0.3 is 15.7 Å². The maximum atomic E-state index is 12.0. The normalized spacial score (nSPS) is 24.2. The van der Waals surface area contributed by atoms with E-state index in [1.807, 2.05) is 0 Å². The number of imide groups is 1. The monoisotopic (exact) mass is 297 g/mol. The van der Waals surface area contributed by atoms with E-state index in [2.05, 4.69) is 10.6 Å². The molecule has 1 aliphatic heterocycles. The van der Waals surface area contributed by atoms with Crippen molar-refractivity contribution in [1.82, 2.24) is 15.5 Å².